The zero-order valence-corrected chi connectivity index (χ0v) is 14.6. The van der Waals surface area contributed by atoms with Crippen LogP contribution >= 0.6 is 0 Å². The summed E-state index contributed by atoms with van der Waals surface area (Å²) in [7, 11) is 1.38. The van der Waals surface area contributed by atoms with Gasteiger partial charge in [0.1, 0.15) is 0 Å². The van der Waals surface area contributed by atoms with Crippen LogP contribution in [0.2, 0.25) is 0 Å². The molecule has 0 N–H and O–H groups in total. The smallest absolute Gasteiger partial charge is 0.357 e. The van der Waals surface area contributed by atoms with Crippen LogP contribution in [-0.4, -0.2) is 27.7 Å². The molecule has 0 saturated carbocycles. The van der Waals surface area contributed by atoms with E-state index >= 15 is 0 Å². The molecule has 3 aromatic rings. The molecule has 5 nitrogen and oxygen atoms in total. The lowest BCUT2D eigenvalue weighted by Gasteiger charge is -2.15. The number of ether oxygens (including phenoxy) is 1. The number of hydrogen-bond donors (Lipinski definition) is 0. The Balaban J connectivity index is 2.43. The molecule has 0 aliphatic rings. The Labute approximate surface area is 141 Å². The summed E-state index contributed by atoms with van der Waals surface area (Å²) in [6, 6.07) is 9.99. The van der Waals surface area contributed by atoms with Crippen molar-refractivity contribution in [2.75, 3.05) is 7.11 Å². The Morgan fingerprint density at radius 2 is 1.83 bits per heavy atom. The predicted octanol–water partition coefficient (Wildman–Crippen LogP) is 3.92. The summed E-state index contributed by atoms with van der Waals surface area (Å²) in [4.78, 5) is 16.8. The fourth-order valence-corrected chi connectivity index (χ4v) is 3.17. The molecular weight excluding hydrogens is 302 g/mol. The van der Waals surface area contributed by atoms with Crippen molar-refractivity contribution in [2.24, 2.45) is 0 Å². The second-order valence-corrected chi connectivity index (χ2v) is 6.18. The second kappa shape index (κ2) is 6.07. The van der Waals surface area contributed by atoms with Gasteiger partial charge >= 0.3 is 5.97 Å². The zero-order chi connectivity index (χ0) is 17.4. The zero-order valence-electron chi connectivity index (χ0n) is 14.6. The number of methoxy groups -OCH3 is 1. The van der Waals surface area contributed by atoms with Gasteiger partial charge in [-0.1, -0.05) is 44.2 Å². The number of hydrogen-bond acceptors (Lipinski definition) is 4. The molecule has 2 aromatic heterocycles. The number of aromatic nitrogens is 3. The highest BCUT2D eigenvalue weighted by Crippen LogP contribution is 2.31. The van der Waals surface area contributed by atoms with Crippen molar-refractivity contribution >= 4 is 11.6 Å². The van der Waals surface area contributed by atoms with E-state index in [0.29, 0.717) is 11.3 Å². The van der Waals surface area contributed by atoms with E-state index in [1.54, 1.807) is 0 Å². The Hall–Kier alpha value is -2.69. The van der Waals surface area contributed by atoms with Gasteiger partial charge in [-0.25, -0.2) is 14.3 Å². The number of fused-ring (bicyclic) bond motifs is 1. The van der Waals surface area contributed by atoms with E-state index in [-0.39, 0.29) is 5.92 Å². The van der Waals surface area contributed by atoms with Crippen molar-refractivity contribution < 1.29 is 9.53 Å². The lowest BCUT2D eigenvalue weighted by Crippen LogP contribution is -2.14. The fourth-order valence-electron chi connectivity index (χ4n) is 3.17. The van der Waals surface area contributed by atoms with Gasteiger partial charge in [-0.2, -0.15) is 5.10 Å². The Kier molecular flexibility index (Phi) is 4.09. The third kappa shape index (κ3) is 2.46. The summed E-state index contributed by atoms with van der Waals surface area (Å²) >= 11 is 0. The van der Waals surface area contributed by atoms with E-state index in [1.165, 1.54) is 7.11 Å². The van der Waals surface area contributed by atoms with Gasteiger partial charge in [0.05, 0.1) is 18.5 Å². The van der Waals surface area contributed by atoms with Crippen LogP contribution in [0.3, 0.4) is 0 Å². The summed E-state index contributed by atoms with van der Waals surface area (Å²) in [6.45, 7) is 8.03. The number of carbonyl (C=O) groups excluding carboxylic acids is 1. The monoisotopic (exact) mass is 323 g/mol. The third-order valence-electron chi connectivity index (χ3n) is 4.21. The first-order valence-corrected chi connectivity index (χ1v) is 7.99. The molecule has 0 aliphatic heterocycles. The van der Waals surface area contributed by atoms with E-state index in [2.05, 4.69) is 18.8 Å². The predicted molar refractivity (Wildman–Crippen MR) is 93.3 cm³/mol. The third-order valence-corrected chi connectivity index (χ3v) is 4.21. The van der Waals surface area contributed by atoms with Crippen LogP contribution in [0.15, 0.2) is 30.3 Å². The lowest BCUT2D eigenvalue weighted by atomic mass is 10.0. The Morgan fingerprint density at radius 1 is 1.17 bits per heavy atom. The largest absolute Gasteiger partial charge is 0.464 e. The van der Waals surface area contributed by atoms with Crippen LogP contribution in [0, 0.1) is 13.8 Å². The normalized spacial score (nSPS) is 11.2. The second-order valence-electron chi connectivity index (χ2n) is 6.18. The highest BCUT2D eigenvalue weighted by molar-refractivity contribution is 5.91. The quantitative estimate of drug-likeness (QED) is 0.685. The number of nitrogens with zero attached hydrogens (tertiary/aromatic N) is 3. The molecule has 0 fully saturated rings. The maximum Gasteiger partial charge on any atom is 0.357 e. The maximum absolute atomic E-state index is 12.2. The minimum atomic E-state index is -0.422. The van der Waals surface area contributed by atoms with Crippen molar-refractivity contribution in [3.8, 4) is 11.1 Å². The summed E-state index contributed by atoms with van der Waals surface area (Å²) in [6.07, 6.45) is 0. The van der Waals surface area contributed by atoms with Gasteiger partial charge in [0.15, 0.2) is 11.3 Å². The van der Waals surface area contributed by atoms with Crippen LogP contribution in [0.5, 0.6) is 0 Å². The summed E-state index contributed by atoms with van der Waals surface area (Å²) in [5.74, 6) is -0.225. The van der Waals surface area contributed by atoms with Crippen LogP contribution in [0.1, 0.15) is 47.2 Å². The minimum Gasteiger partial charge on any atom is -0.464 e. The molecule has 0 radical (unpaired) electrons. The van der Waals surface area contributed by atoms with Crippen molar-refractivity contribution in [1.82, 2.24) is 14.6 Å². The first-order valence-electron chi connectivity index (χ1n) is 7.99. The van der Waals surface area contributed by atoms with Crippen molar-refractivity contribution in [2.45, 2.75) is 33.6 Å². The van der Waals surface area contributed by atoms with Crippen LogP contribution < -0.4 is 0 Å². The lowest BCUT2D eigenvalue weighted by molar-refractivity contribution is 0.0593. The van der Waals surface area contributed by atoms with Crippen LogP contribution in [0.4, 0.5) is 0 Å². The molecule has 5 heteroatoms. The Bertz CT molecular complexity index is 912. The topological polar surface area (TPSA) is 56.5 Å². The fraction of sp³-hybridized carbons (Fsp3) is 0.316. The highest BCUT2D eigenvalue weighted by Gasteiger charge is 2.24. The molecule has 0 atom stereocenters. The molecule has 0 spiro atoms. The van der Waals surface area contributed by atoms with Gasteiger partial charge in [-0.05, 0) is 25.3 Å². The van der Waals surface area contributed by atoms with E-state index in [4.69, 9.17) is 9.84 Å². The number of carbonyl (C=O) groups is 1. The average molecular weight is 323 g/mol. The first kappa shape index (κ1) is 16.2. The molecule has 3 rings (SSSR count). The summed E-state index contributed by atoms with van der Waals surface area (Å²) in [5, 5.41) is 4.70. The van der Waals surface area contributed by atoms with Gasteiger partial charge in [-0.3, -0.25) is 0 Å². The number of aryl methyl sites for hydroxylation is 1. The van der Waals surface area contributed by atoms with E-state index in [0.717, 1.165) is 28.1 Å². The van der Waals surface area contributed by atoms with Gasteiger partial charge in [0.25, 0.3) is 0 Å². The van der Waals surface area contributed by atoms with Crippen molar-refractivity contribution in [3.05, 3.63) is 53.0 Å². The number of esters is 1. The van der Waals surface area contributed by atoms with Crippen LogP contribution in [-0.2, 0) is 4.74 Å². The van der Waals surface area contributed by atoms with Crippen molar-refractivity contribution in [1.29, 1.82) is 0 Å². The van der Waals surface area contributed by atoms with Gasteiger partial charge < -0.3 is 4.74 Å². The van der Waals surface area contributed by atoms with Gasteiger partial charge in [0.2, 0.25) is 0 Å². The molecule has 0 bridgehead atoms. The number of benzene rings is 1. The van der Waals surface area contributed by atoms with E-state index in [9.17, 15) is 4.79 Å². The molecule has 0 aliphatic carbocycles. The summed E-state index contributed by atoms with van der Waals surface area (Å²) in [5.41, 5.74) is 5.70. The molecule has 0 saturated heterocycles. The minimum absolute atomic E-state index is 0.196. The molecule has 0 unspecified atom stereocenters. The molecule has 24 heavy (non-hydrogen) atoms. The van der Waals surface area contributed by atoms with Gasteiger partial charge in [0, 0.05) is 11.1 Å². The van der Waals surface area contributed by atoms with Crippen LogP contribution in [0.25, 0.3) is 16.8 Å². The molecular formula is C19H21N3O2. The Morgan fingerprint density at radius 3 is 2.42 bits per heavy atom. The first-order chi connectivity index (χ1) is 11.5. The van der Waals surface area contributed by atoms with Gasteiger partial charge in [-0.15, -0.1) is 0 Å². The SMILES string of the molecule is COC(=O)c1nc2c(-c3ccccc3)c(C)nn2c(C(C)C)c1C. The molecule has 2 heterocycles. The molecule has 124 valence electrons. The van der Waals surface area contributed by atoms with Crippen molar-refractivity contribution in [3.63, 3.8) is 0 Å². The standard InChI is InChI=1S/C19H21N3O2/c1-11(2)17-12(3)16(19(23)24-5)20-18-15(13(4)21-22(17)18)14-9-7-6-8-10-14/h6-11H,1-5H3. The molecule has 1 aromatic carbocycles. The van der Waals surface area contributed by atoms with E-state index in [1.807, 2.05) is 48.7 Å². The average Bonchev–Trinajstić information content (AvgIpc) is 2.89. The maximum atomic E-state index is 12.2. The number of rotatable bonds is 3. The van der Waals surface area contributed by atoms with E-state index < -0.39 is 5.97 Å². The summed E-state index contributed by atoms with van der Waals surface area (Å²) < 4.78 is 6.79. The highest BCUT2D eigenvalue weighted by atomic mass is 16.5. The molecule has 0 amide bonds.